The third kappa shape index (κ3) is 2.55. The second-order valence-electron chi connectivity index (χ2n) is 2.91. The van der Waals surface area contributed by atoms with Gasteiger partial charge in [-0.15, -0.1) is 0 Å². The minimum absolute atomic E-state index is 0.299. The fraction of sp³-hybridized carbons (Fsp3) is 0.273. The Hall–Kier alpha value is -1.86. The zero-order valence-electron chi connectivity index (χ0n) is 8.61. The highest BCUT2D eigenvalue weighted by Crippen LogP contribution is 2.13. The number of ether oxygens (including phenoxy) is 2. The van der Waals surface area contributed by atoms with Crippen LogP contribution in [0.15, 0.2) is 18.2 Å². The van der Waals surface area contributed by atoms with E-state index in [9.17, 15) is 4.79 Å². The predicted molar refractivity (Wildman–Crippen MR) is 53.2 cm³/mol. The van der Waals surface area contributed by atoms with Crippen LogP contribution in [0.1, 0.15) is 21.5 Å². The van der Waals surface area contributed by atoms with E-state index in [1.54, 1.807) is 18.2 Å². The monoisotopic (exact) mass is 205 g/mol. The van der Waals surface area contributed by atoms with Gasteiger partial charge >= 0.3 is 5.97 Å². The Balaban J connectivity index is 3.11. The first-order chi connectivity index (χ1) is 7.22. The van der Waals surface area contributed by atoms with Crippen molar-refractivity contribution in [1.82, 2.24) is 0 Å². The maximum atomic E-state index is 11.2. The minimum atomic E-state index is -0.420. The first-order valence-corrected chi connectivity index (χ1v) is 4.33. The Bertz CT molecular complexity index is 407. The zero-order chi connectivity index (χ0) is 11.3. The largest absolute Gasteiger partial charge is 0.465 e. The average molecular weight is 205 g/mol. The second-order valence-corrected chi connectivity index (χ2v) is 2.91. The number of methoxy groups -OCH3 is 2. The number of hydrogen-bond acceptors (Lipinski definition) is 4. The standard InChI is InChI=1S/C11H11NO3/c1-14-7-10-5-8(11(13)15-2)3-4-9(10)6-12/h3-5H,7H2,1-2H3. The molecule has 0 aliphatic carbocycles. The highest BCUT2D eigenvalue weighted by molar-refractivity contribution is 5.89. The molecular weight excluding hydrogens is 194 g/mol. The summed E-state index contributed by atoms with van der Waals surface area (Å²) in [7, 11) is 2.85. The Labute approximate surface area is 88.0 Å². The number of hydrogen-bond donors (Lipinski definition) is 0. The summed E-state index contributed by atoms with van der Waals surface area (Å²) in [5.74, 6) is -0.420. The fourth-order valence-electron chi connectivity index (χ4n) is 1.22. The summed E-state index contributed by atoms with van der Waals surface area (Å²) in [5, 5.41) is 8.81. The van der Waals surface area contributed by atoms with Gasteiger partial charge < -0.3 is 9.47 Å². The van der Waals surface area contributed by atoms with E-state index in [2.05, 4.69) is 4.74 Å². The van der Waals surface area contributed by atoms with Gasteiger partial charge in [-0.2, -0.15) is 5.26 Å². The van der Waals surface area contributed by atoms with Crippen molar-refractivity contribution < 1.29 is 14.3 Å². The first-order valence-electron chi connectivity index (χ1n) is 4.33. The molecule has 0 aliphatic heterocycles. The van der Waals surface area contributed by atoms with Crippen molar-refractivity contribution in [3.8, 4) is 6.07 Å². The van der Waals surface area contributed by atoms with E-state index in [-0.39, 0.29) is 0 Å². The van der Waals surface area contributed by atoms with Crippen LogP contribution >= 0.6 is 0 Å². The molecule has 4 heteroatoms. The molecule has 0 unspecified atom stereocenters. The molecule has 0 radical (unpaired) electrons. The van der Waals surface area contributed by atoms with E-state index < -0.39 is 5.97 Å². The van der Waals surface area contributed by atoms with E-state index in [1.807, 2.05) is 6.07 Å². The first kappa shape index (κ1) is 11.2. The Morgan fingerprint density at radius 2 is 2.20 bits per heavy atom. The molecule has 0 atom stereocenters. The van der Waals surface area contributed by atoms with Gasteiger partial charge in [0.05, 0.1) is 30.9 Å². The number of carbonyl (C=O) groups excluding carboxylic acids is 1. The maximum Gasteiger partial charge on any atom is 0.337 e. The van der Waals surface area contributed by atoms with Crippen LogP contribution in [0.25, 0.3) is 0 Å². The SMILES string of the molecule is COCc1cc(C(=O)OC)ccc1C#N. The van der Waals surface area contributed by atoms with Crippen molar-refractivity contribution in [3.05, 3.63) is 34.9 Å². The number of nitriles is 1. The van der Waals surface area contributed by atoms with E-state index >= 15 is 0 Å². The maximum absolute atomic E-state index is 11.2. The lowest BCUT2D eigenvalue weighted by molar-refractivity contribution is 0.0600. The van der Waals surface area contributed by atoms with Crippen LogP contribution < -0.4 is 0 Å². The average Bonchev–Trinajstić information content (AvgIpc) is 2.28. The molecule has 0 fully saturated rings. The van der Waals surface area contributed by atoms with Crippen LogP contribution in [-0.2, 0) is 16.1 Å². The molecule has 0 saturated carbocycles. The molecule has 0 N–H and O–H groups in total. The molecule has 0 saturated heterocycles. The summed E-state index contributed by atoms with van der Waals surface area (Å²) >= 11 is 0. The smallest absolute Gasteiger partial charge is 0.337 e. The van der Waals surface area contributed by atoms with Crippen molar-refractivity contribution in [2.24, 2.45) is 0 Å². The summed E-state index contributed by atoms with van der Waals surface area (Å²) in [6.07, 6.45) is 0. The molecule has 78 valence electrons. The fourth-order valence-corrected chi connectivity index (χ4v) is 1.22. The van der Waals surface area contributed by atoms with Crippen LogP contribution in [0, 0.1) is 11.3 Å². The van der Waals surface area contributed by atoms with Crippen molar-refractivity contribution in [1.29, 1.82) is 5.26 Å². The Morgan fingerprint density at radius 3 is 2.73 bits per heavy atom. The molecule has 15 heavy (non-hydrogen) atoms. The van der Waals surface area contributed by atoms with Crippen LogP contribution in [0.2, 0.25) is 0 Å². The molecular formula is C11H11NO3. The van der Waals surface area contributed by atoms with Crippen molar-refractivity contribution in [3.63, 3.8) is 0 Å². The number of nitrogens with zero attached hydrogens (tertiary/aromatic N) is 1. The van der Waals surface area contributed by atoms with Gasteiger partial charge in [0.15, 0.2) is 0 Å². The number of benzene rings is 1. The molecule has 1 rings (SSSR count). The van der Waals surface area contributed by atoms with E-state index in [4.69, 9.17) is 10.00 Å². The molecule has 4 nitrogen and oxygen atoms in total. The molecule has 1 aromatic carbocycles. The predicted octanol–water partition coefficient (Wildman–Crippen LogP) is 1.49. The third-order valence-corrected chi connectivity index (χ3v) is 1.95. The lowest BCUT2D eigenvalue weighted by atomic mass is 10.1. The van der Waals surface area contributed by atoms with Gasteiger partial charge in [-0.05, 0) is 23.8 Å². The summed E-state index contributed by atoms with van der Waals surface area (Å²) in [6.45, 7) is 0.299. The Morgan fingerprint density at radius 1 is 1.47 bits per heavy atom. The third-order valence-electron chi connectivity index (χ3n) is 1.95. The minimum Gasteiger partial charge on any atom is -0.465 e. The summed E-state index contributed by atoms with van der Waals surface area (Å²) in [6, 6.07) is 6.78. The summed E-state index contributed by atoms with van der Waals surface area (Å²) in [4.78, 5) is 11.2. The number of carbonyl (C=O) groups is 1. The quantitative estimate of drug-likeness (QED) is 0.701. The van der Waals surface area contributed by atoms with E-state index in [0.29, 0.717) is 23.3 Å². The van der Waals surface area contributed by atoms with E-state index in [1.165, 1.54) is 14.2 Å². The molecule has 0 aliphatic rings. The number of rotatable bonds is 3. The molecule has 1 aromatic rings. The molecule has 0 heterocycles. The van der Waals surface area contributed by atoms with Gasteiger partial charge in [0.2, 0.25) is 0 Å². The van der Waals surface area contributed by atoms with Gasteiger partial charge in [0, 0.05) is 7.11 Å². The Kier molecular flexibility index (Phi) is 3.83. The van der Waals surface area contributed by atoms with E-state index in [0.717, 1.165) is 0 Å². The topological polar surface area (TPSA) is 59.3 Å². The molecule has 0 bridgehead atoms. The molecule has 0 aromatic heterocycles. The van der Waals surface area contributed by atoms with Crippen LogP contribution in [0.4, 0.5) is 0 Å². The second kappa shape index (κ2) is 5.13. The van der Waals surface area contributed by atoms with Gasteiger partial charge in [-0.25, -0.2) is 4.79 Å². The van der Waals surface area contributed by atoms with Gasteiger partial charge in [-0.1, -0.05) is 0 Å². The van der Waals surface area contributed by atoms with Crippen molar-refractivity contribution >= 4 is 5.97 Å². The van der Waals surface area contributed by atoms with Gasteiger partial charge in [0.1, 0.15) is 0 Å². The van der Waals surface area contributed by atoms with Crippen molar-refractivity contribution in [2.45, 2.75) is 6.61 Å². The van der Waals surface area contributed by atoms with Gasteiger partial charge in [-0.3, -0.25) is 0 Å². The molecule has 0 amide bonds. The molecule has 0 spiro atoms. The van der Waals surface area contributed by atoms with Crippen LogP contribution in [0.3, 0.4) is 0 Å². The number of esters is 1. The highest BCUT2D eigenvalue weighted by Gasteiger charge is 2.09. The van der Waals surface area contributed by atoms with Crippen LogP contribution in [0.5, 0.6) is 0 Å². The lowest BCUT2D eigenvalue weighted by Gasteiger charge is -2.05. The van der Waals surface area contributed by atoms with Gasteiger partial charge in [0.25, 0.3) is 0 Å². The van der Waals surface area contributed by atoms with Crippen molar-refractivity contribution in [2.75, 3.05) is 14.2 Å². The van der Waals surface area contributed by atoms with Crippen LogP contribution in [-0.4, -0.2) is 20.2 Å². The summed E-state index contributed by atoms with van der Waals surface area (Å²) < 4.78 is 9.52. The summed E-state index contributed by atoms with van der Waals surface area (Å²) in [5.41, 5.74) is 1.61. The lowest BCUT2D eigenvalue weighted by Crippen LogP contribution is -2.03. The zero-order valence-corrected chi connectivity index (χ0v) is 8.61. The normalized spacial score (nSPS) is 9.40. The highest BCUT2D eigenvalue weighted by atomic mass is 16.5.